The molecule has 0 saturated heterocycles. The number of aliphatic hydroxyl groups excluding tert-OH is 1. The Hall–Kier alpha value is -3.22. The van der Waals surface area contributed by atoms with E-state index in [0.29, 0.717) is 10.8 Å². The zero-order valence-corrected chi connectivity index (χ0v) is 16.1. The first-order chi connectivity index (χ1) is 13.7. The Kier molecular flexibility index (Phi) is 5.32. The molecule has 1 heterocycles. The summed E-state index contributed by atoms with van der Waals surface area (Å²) in [6, 6.07) is 26.9. The van der Waals surface area contributed by atoms with Crippen molar-refractivity contribution in [2.24, 2.45) is 0 Å². The van der Waals surface area contributed by atoms with Gasteiger partial charge in [0, 0.05) is 12.7 Å². The molecule has 140 valence electrons. The number of aliphatic hydroxyl groups is 1. The smallest absolute Gasteiger partial charge is 0.212 e. The van der Waals surface area contributed by atoms with E-state index in [1.54, 1.807) is 0 Å². The van der Waals surface area contributed by atoms with Crippen LogP contribution < -0.4 is 9.64 Å². The van der Waals surface area contributed by atoms with E-state index in [0.717, 1.165) is 22.1 Å². The van der Waals surface area contributed by atoms with Gasteiger partial charge in [-0.2, -0.15) is 0 Å². The molecule has 0 spiro atoms. The molecule has 0 amide bonds. The lowest BCUT2D eigenvalue weighted by Gasteiger charge is -2.14. The van der Waals surface area contributed by atoms with Crippen LogP contribution in [0.3, 0.4) is 0 Å². The molecule has 0 fully saturated rings. The lowest BCUT2D eigenvalue weighted by Crippen LogP contribution is -2.08. The maximum absolute atomic E-state index is 10.7. The van der Waals surface area contributed by atoms with Gasteiger partial charge < -0.3 is 14.7 Å². The van der Waals surface area contributed by atoms with E-state index in [1.165, 1.54) is 11.3 Å². The fourth-order valence-electron chi connectivity index (χ4n) is 2.72. The quantitative estimate of drug-likeness (QED) is 0.492. The molecule has 4 aromatic rings. The van der Waals surface area contributed by atoms with Crippen molar-refractivity contribution in [1.29, 1.82) is 0 Å². The van der Waals surface area contributed by atoms with E-state index in [2.05, 4.69) is 10.2 Å². The van der Waals surface area contributed by atoms with Gasteiger partial charge in [-0.3, -0.25) is 0 Å². The largest absolute Gasteiger partial charge is 0.457 e. The number of aromatic nitrogens is 2. The van der Waals surface area contributed by atoms with Crippen LogP contribution in [0.5, 0.6) is 11.5 Å². The predicted octanol–water partition coefficient (Wildman–Crippen LogP) is 5.18. The van der Waals surface area contributed by atoms with Crippen molar-refractivity contribution in [3.05, 3.63) is 95.5 Å². The Bertz CT molecular complexity index is 1020. The third kappa shape index (κ3) is 4.03. The monoisotopic (exact) mass is 389 g/mol. The molecule has 0 aliphatic carbocycles. The zero-order chi connectivity index (χ0) is 19.3. The average molecular weight is 389 g/mol. The molecule has 0 radical (unpaired) electrons. The average Bonchev–Trinajstić information content (AvgIpc) is 3.25. The van der Waals surface area contributed by atoms with Gasteiger partial charge >= 0.3 is 0 Å². The fraction of sp³-hybridized carbons (Fsp3) is 0.0909. The normalized spacial score (nSPS) is 11.8. The SMILES string of the molecule is CN(c1ccccc1)c1nnc(C(O)c2ccc(Oc3ccccc3)cc2)s1. The van der Waals surface area contributed by atoms with Gasteiger partial charge in [0.2, 0.25) is 5.13 Å². The van der Waals surface area contributed by atoms with E-state index in [1.807, 2.05) is 96.9 Å². The zero-order valence-electron chi connectivity index (χ0n) is 15.3. The molecule has 1 atom stereocenters. The second-order valence-corrected chi connectivity index (χ2v) is 7.19. The number of para-hydroxylation sites is 2. The first-order valence-corrected chi connectivity index (χ1v) is 9.65. The minimum absolute atomic E-state index is 0.550. The number of benzene rings is 3. The fourth-order valence-corrected chi connectivity index (χ4v) is 3.56. The first-order valence-electron chi connectivity index (χ1n) is 8.84. The highest BCUT2D eigenvalue weighted by atomic mass is 32.1. The van der Waals surface area contributed by atoms with Crippen LogP contribution in [0.15, 0.2) is 84.9 Å². The lowest BCUT2D eigenvalue weighted by molar-refractivity contribution is 0.219. The molecule has 0 aliphatic heterocycles. The molecule has 3 aromatic carbocycles. The summed E-state index contributed by atoms with van der Waals surface area (Å²) in [5, 5.41) is 20.4. The van der Waals surface area contributed by atoms with Crippen molar-refractivity contribution in [2.45, 2.75) is 6.10 Å². The highest BCUT2D eigenvalue weighted by Crippen LogP contribution is 2.32. The molecule has 28 heavy (non-hydrogen) atoms. The maximum Gasteiger partial charge on any atom is 0.212 e. The van der Waals surface area contributed by atoms with Gasteiger partial charge in [0.15, 0.2) is 5.01 Å². The molecular weight excluding hydrogens is 370 g/mol. The van der Waals surface area contributed by atoms with E-state index in [9.17, 15) is 5.11 Å². The molecule has 0 bridgehead atoms. The van der Waals surface area contributed by atoms with E-state index >= 15 is 0 Å². The Morgan fingerprint density at radius 3 is 2.11 bits per heavy atom. The minimum atomic E-state index is -0.832. The van der Waals surface area contributed by atoms with E-state index in [-0.39, 0.29) is 0 Å². The Morgan fingerprint density at radius 1 is 0.821 bits per heavy atom. The van der Waals surface area contributed by atoms with Crippen LogP contribution in [0.25, 0.3) is 0 Å². The number of rotatable bonds is 6. The molecule has 1 aromatic heterocycles. The maximum atomic E-state index is 10.7. The van der Waals surface area contributed by atoms with Crippen LogP contribution in [0.1, 0.15) is 16.7 Å². The Morgan fingerprint density at radius 2 is 1.43 bits per heavy atom. The number of hydrogen-bond acceptors (Lipinski definition) is 6. The standard InChI is InChI=1S/C22H19N3O2S/c1-25(17-8-4-2-5-9-17)22-24-23-21(28-22)20(26)16-12-14-19(15-13-16)27-18-10-6-3-7-11-18/h2-15,20,26H,1H3. The Labute approximate surface area is 167 Å². The van der Waals surface area contributed by atoms with Crippen LogP contribution in [-0.2, 0) is 0 Å². The summed E-state index contributed by atoms with van der Waals surface area (Å²) in [5.41, 5.74) is 1.76. The summed E-state index contributed by atoms with van der Waals surface area (Å²) in [6.45, 7) is 0. The number of hydrogen-bond donors (Lipinski definition) is 1. The van der Waals surface area contributed by atoms with Crippen molar-refractivity contribution in [2.75, 3.05) is 11.9 Å². The highest BCUT2D eigenvalue weighted by molar-refractivity contribution is 7.15. The topological polar surface area (TPSA) is 58.5 Å². The van der Waals surface area contributed by atoms with Crippen LogP contribution in [0, 0.1) is 0 Å². The molecule has 0 saturated carbocycles. The van der Waals surface area contributed by atoms with Crippen molar-refractivity contribution >= 4 is 22.2 Å². The summed E-state index contributed by atoms with van der Waals surface area (Å²) in [4.78, 5) is 1.95. The summed E-state index contributed by atoms with van der Waals surface area (Å²) in [5.74, 6) is 1.48. The molecule has 4 rings (SSSR count). The Balaban J connectivity index is 1.47. The van der Waals surface area contributed by atoms with Crippen molar-refractivity contribution in [1.82, 2.24) is 10.2 Å². The van der Waals surface area contributed by atoms with Crippen LogP contribution >= 0.6 is 11.3 Å². The minimum Gasteiger partial charge on any atom is -0.457 e. The molecule has 1 N–H and O–H groups in total. The van der Waals surface area contributed by atoms with Gasteiger partial charge in [-0.15, -0.1) is 10.2 Å². The predicted molar refractivity (Wildman–Crippen MR) is 111 cm³/mol. The van der Waals surface area contributed by atoms with E-state index in [4.69, 9.17) is 4.74 Å². The second kappa shape index (κ2) is 8.21. The van der Waals surface area contributed by atoms with Gasteiger partial charge in [0.05, 0.1) is 0 Å². The van der Waals surface area contributed by atoms with Crippen molar-refractivity contribution in [3.8, 4) is 11.5 Å². The van der Waals surface area contributed by atoms with Crippen molar-refractivity contribution < 1.29 is 9.84 Å². The number of nitrogens with zero attached hydrogens (tertiary/aromatic N) is 3. The van der Waals surface area contributed by atoms with Crippen LogP contribution in [0.2, 0.25) is 0 Å². The molecule has 5 nitrogen and oxygen atoms in total. The van der Waals surface area contributed by atoms with Crippen LogP contribution in [0.4, 0.5) is 10.8 Å². The third-order valence-electron chi connectivity index (χ3n) is 4.27. The number of ether oxygens (including phenoxy) is 1. The van der Waals surface area contributed by atoms with Gasteiger partial charge in [0.25, 0.3) is 0 Å². The van der Waals surface area contributed by atoms with Gasteiger partial charge in [-0.05, 0) is 42.0 Å². The van der Waals surface area contributed by atoms with Gasteiger partial charge in [-0.25, -0.2) is 0 Å². The summed E-state index contributed by atoms with van der Waals surface area (Å²) in [7, 11) is 1.93. The number of anilines is 2. The van der Waals surface area contributed by atoms with E-state index < -0.39 is 6.10 Å². The second-order valence-electron chi connectivity index (χ2n) is 6.20. The summed E-state index contributed by atoms with van der Waals surface area (Å²) >= 11 is 1.37. The van der Waals surface area contributed by atoms with Crippen molar-refractivity contribution in [3.63, 3.8) is 0 Å². The van der Waals surface area contributed by atoms with Gasteiger partial charge in [0.1, 0.15) is 17.6 Å². The lowest BCUT2D eigenvalue weighted by atomic mass is 10.1. The molecule has 6 heteroatoms. The molecule has 0 aliphatic rings. The summed E-state index contributed by atoms with van der Waals surface area (Å²) in [6.07, 6.45) is -0.832. The first kappa shape index (κ1) is 18.2. The molecule has 1 unspecified atom stereocenters. The van der Waals surface area contributed by atoms with Crippen LogP contribution in [-0.4, -0.2) is 22.4 Å². The summed E-state index contributed by atoms with van der Waals surface area (Å²) < 4.78 is 5.79. The van der Waals surface area contributed by atoms with Gasteiger partial charge in [-0.1, -0.05) is 59.9 Å². The molecular formula is C22H19N3O2S. The third-order valence-corrected chi connectivity index (χ3v) is 5.32. The highest BCUT2D eigenvalue weighted by Gasteiger charge is 2.18.